The van der Waals surface area contributed by atoms with Crippen molar-refractivity contribution in [3.05, 3.63) is 17.7 Å². The monoisotopic (exact) mass is 262 g/mol. The number of hydrazine groups is 1. The molecular weight excluding hydrogens is 246 g/mol. The van der Waals surface area contributed by atoms with E-state index < -0.39 is 11.6 Å². The SMILES string of the molecule is CSCC(C)N(C)c1nc(NN)c(F)cc1F. The van der Waals surface area contributed by atoms with E-state index in [1.807, 2.05) is 13.2 Å². The molecule has 0 spiro atoms. The summed E-state index contributed by atoms with van der Waals surface area (Å²) in [5.74, 6) is 4.35. The summed E-state index contributed by atoms with van der Waals surface area (Å²) < 4.78 is 26.8. The highest BCUT2D eigenvalue weighted by molar-refractivity contribution is 7.98. The molecule has 0 aliphatic rings. The molecule has 1 unspecified atom stereocenters. The molecule has 0 bridgehead atoms. The fourth-order valence-corrected chi connectivity index (χ4v) is 2.07. The molecule has 0 saturated heterocycles. The van der Waals surface area contributed by atoms with E-state index in [1.165, 1.54) is 0 Å². The Bertz CT molecular complexity index is 389. The van der Waals surface area contributed by atoms with Crippen molar-refractivity contribution in [3.8, 4) is 0 Å². The number of pyridine rings is 1. The molecule has 17 heavy (non-hydrogen) atoms. The van der Waals surface area contributed by atoms with Crippen LogP contribution in [0.1, 0.15) is 6.92 Å². The lowest BCUT2D eigenvalue weighted by atomic mass is 10.3. The van der Waals surface area contributed by atoms with Gasteiger partial charge in [-0.25, -0.2) is 19.6 Å². The number of hydrogen-bond donors (Lipinski definition) is 2. The molecule has 96 valence electrons. The minimum absolute atomic E-state index is 0.0842. The largest absolute Gasteiger partial charge is 0.354 e. The molecule has 0 saturated carbocycles. The van der Waals surface area contributed by atoms with E-state index in [0.29, 0.717) is 0 Å². The topological polar surface area (TPSA) is 54.2 Å². The molecule has 0 amide bonds. The third-order valence-corrected chi connectivity index (χ3v) is 3.27. The minimum atomic E-state index is -0.806. The van der Waals surface area contributed by atoms with Gasteiger partial charge in [-0.3, -0.25) is 0 Å². The van der Waals surface area contributed by atoms with Crippen LogP contribution in [-0.2, 0) is 0 Å². The summed E-state index contributed by atoms with van der Waals surface area (Å²) >= 11 is 1.65. The Kier molecular flexibility index (Phi) is 4.95. The van der Waals surface area contributed by atoms with Gasteiger partial charge in [0.15, 0.2) is 23.3 Å². The van der Waals surface area contributed by atoms with Gasteiger partial charge in [0.1, 0.15) is 0 Å². The molecule has 0 fully saturated rings. The molecular formula is C10H16F2N4S. The van der Waals surface area contributed by atoms with Gasteiger partial charge in [0.05, 0.1) is 0 Å². The normalized spacial score (nSPS) is 12.4. The van der Waals surface area contributed by atoms with Crippen LogP contribution in [0.25, 0.3) is 0 Å². The lowest BCUT2D eigenvalue weighted by Crippen LogP contribution is -2.32. The van der Waals surface area contributed by atoms with Crippen LogP contribution in [0.15, 0.2) is 6.07 Å². The Morgan fingerprint density at radius 2 is 2.18 bits per heavy atom. The van der Waals surface area contributed by atoms with Gasteiger partial charge in [0.2, 0.25) is 0 Å². The molecule has 0 aliphatic heterocycles. The number of halogens is 2. The standard InChI is InChI=1S/C10H16F2N4S/c1-6(5-17-3)16(2)10-8(12)4-7(11)9(14-10)15-13/h4,6H,5,13H2,1-3H3,(H,14,15). The maximum absolute atomic E-state index is 13.6. The number of nitrogens with zero attached hydrogens (tertiary/aromatic N) is 2. The Hall–Kier alpha value is -1.08. The maximum Gasteiger partial charge on any atom is 0.178 e. The first kappa shape index (κ1) is 14.0. The van der Waals surface area contributed by atoms with Crippen molar-refractivity contribution >= 4 is 23.4 Å². The highest BCUT2D eigenvalue weighted by Crippen LogP contribution is 2.23. The summed E-state index contributed by atoms with van der Waals surface area (Å²) in [5.41, 5.74) is 2.10. The molecule has 0 aromatic carbocycles. The minimum Gasteiger partial charge on any atom is -0.354 e. The molecule has 1 atom stereocenters. The predicted molar refractivity (Wildman–Crippen MR) is 68.2 cm³/mol. The van der Waals surface area contributed by atoms with E-state index in [4.69, 9.17) is 5.84 Å². The summed E-state index contributed by atoms with van der Waals surface area (Å²) in [7, 11) is 1.71. The fraction of sp³-hybridized carbons (Fsp3) is 0.500. The first-order valence-electron chi connectivity index (χ1n) is 5.05. The van der Waals surface area contributed by atoms with Crippen molar-refractivity contribution in [2.45, 2.75) is 13.0 Å². The van der Waals surface area contributed by atoms with Gasteiger partial charge < -0.3 is 10.3 Å². The van der Waals surface area contributed by atoms with Crippen LogP contribution in [-0.4, -0.2) is 30.1 Å². The highest BCUT2D eigenvalue weighted by atomic mass is 32.2. The zero-order valence-electron chi connectivity index (χ0n) is 10.00. The summed E-state index contributed by atoms with van der Waals surface area (Å²) in [4.78, 5) is 5.48. The average Bonchev–Trinajstić information content (AvgIpc) is 2.29. The lowest BCUT2D eigenvalue weighted by Gasteiger charge is -2.26. The second kappa shape index (κ2) is 6.02. The zero-order chi connectivity index (χ0) is 13.0. The number of thioether (sulfide) groups is 1. The molecule has 1 heterocycles. The molecule has 3 N–H and O–H groups in total. The Morgan fingerprint density at radius 3 is 2.71 bits per heavy atom. The van der Waals surface area contributed by atoms with Gasteiger partial charge in [0.25, 0.3) is 0 Å². The second-order valence-electron chi connectivity index (χ2n) is 3.68. The Balaban J connectivity index is 3.04. The summed E-state index contributed by atoms with van der Waals surface area (Å²) in [6.45, 7) is 1.94. The number of nitrogens with one attached hydrogen (secondary N) is 1. The zero-order valence-corrected chi connectivity index (χ0v) is 10.8. The number of nitrogen functional groups attached to an aromatic ring is 1. The van der Waals surface area contributed by atoms with E-state index in [-0.39, 0.29) is 17.7 Å². The third kappa shape index (κ3) is 3.19. The molecule has 1 rings (SSSR count). The Labute approximate surface area is 104 Å². The van der Waals surface area contributed by atoms with Crippen LogP contribution < -0.4 is 16.2 Å². The third-order valence-electron chi connectivity index (χ3n) is 2.45. The average molecular weight is 262 g/mol. The maximum atomic E-state index is 13.6. The van der Waals surface area contributed by atoms with Gasteiger partial charge in [0, 0.05) is 24.9 Å². The van der Waals surface area contributed by atoms with Crippen molar-refractivity contribution in [2.24, 2.45) is 5.84 Å². The van der Waals surface area contributed by atoms with Crippen molar-refractivity contribution in [2.75, 3.05) is 29.4 Å². The number of aromatic nitrogens is 1. The van der Waals surface area contributed by atoms with Crippen LogP contribution in [0.3, 0.4) is 0 Å². The van der Waals surface area contributed by atoms with Gasteiger partial charge in [-0.1, -0.05) is 0 Å². The smallest absolute Gasteiger partial charge is 0.178 e. The van der Waals surface area contributed by atoms with Crippen molar-refractivity contribution in [1.29, 1.82) is 0 Å². The van der Waals surface area contributed by atoms with Crippen LogP contribution in [0, 0.1) is 11.6 Å². The second-order valence-corrected chi connectivity index (χ2v) is 4.59. The number of hydrogen-bond acceptors (Lipinski definition) is 5. The Morgan fingerprint density at radius 1 is 1.53 bits per heavy atom. The molecule has 1 aromatic rings. The van der Waals surface area contributed by atoms with Gasteiger partial charge in [-0.05, 0) is 13.2 Å². The van der Waals surface area contributed by atoms with E-state index in [1.54, 1.807) is 23.7 Å². The lowest BCUT2D eigenvalue weighted by molar-refractivity contribution is 0.568. The fourth-order valence-electron chi connectivity index (χ4n) is 1.37. The van der Waals surface area contributed by atoms with Gasteiger partial charge in [-0.2, -0.15) is 11.8 Å². The molecule has 1 aromatic heterocycles. The summed E-state index contributed by atoms with van der Waals surface area (Å²) in [6, 6.07) is 0.864. The van der Waals surface area contributed by atoms with Crippen LogP contribution in [0.2, 0.25) is 0 Å². The molecule has 0 radical (unpaired) electrons. The van der Waals surface area contributed by atoms with E-state index in [2.05, 4.69) is 10.4 Å². The summed E-state index contributed by atoms with van der Waals surface area (Å²) in [5, 5.41) is 0. The quantitative estimate of drug-likeness (QED) is 0.626. The molecule has 7 heteroatoms. The number of nitrogens with two attached hydrogens (primary N) is 1. The van der Waals surface area contributed by atoms with E-state index in [9.17, 15) is 8.78 Å². The van der Waals surface area contributed by atoms with Crippen molar-refractivity contribution in [1.82, 2.24) is 4.98 Å². The first-order valence-corrected chi connectivity index (χ1v) is 6.45. The first-order chi connectivity index (χ1) is 8.01. The van der Waals surface area contributed by atoms with Crippen molar-refractivity contribution < 1.29 is 8.78 Å². The van der Waals surface area contributed by atoms with Crippen LogP contribution >= 0.6 is 11.8 Å². The van der Waals surface area contributed by atoms with Crippen LogP contribution in [0.5, 0.6) is 0 Å². The van der Waals surface area contributed by atoms with Gasteiger partial charge >= 0.3 is 0 Å². The van der Waals surface area contributed by atoms with Crippen molar-refractivity contribution in [3.63, 3.8) is 0 Å². The summed E-state index contributed by atoms with van der Waals surface area (Å²) in [6.07, 6.45) is 1.96. The molecule has 0 aliphatic carbocycles. The highest BCUT2D eigenvalue weighted by Gasteiger charge is 2.18. The van der Waals surface area contributed by atoms with E-state index >= 15 is 0 Å². The van der Waals surface area contributed by atoms with Gasteiger partial charge in [-0.15, -0.1) is 0 Å². The number of anilines is 2. The molecule has 4 nitrogen and oxygen atoms in total. The predicted octanol–water partition coefficient (Wildman–Crippen LogP) is 1.83. The van der Waals surface area contributed by atoms with E-state index in [0.717, 1.165) is 11.8 Å². The number of rotatable bonds is 5. The van der Waals surface area contributed by atoms with Crippen LogP contribution in [0.4, 0.5) is 20.4 Å².